The Labute approximate surface area is 123 Å². The van der Waals surface area contributed by atoms with Crippen LogP contribution in [0, 0.1) is 0 Å². The second kappa shape index (κ2) is 5.77. The zero-order valence-corrected chi connectivity index (χ0v) is 12.8. The third kappa shape index (κ3) is 3.98. The Kier molecular flexibility index (Phi) is 4.23. The molecular formula is C16H21NO4. The molecule has 1 aromatic carbocycles. The number of carbonyl (C=O) groups is 1. The Balaban J connectivity index is 2.16. The normalized spacial score (nSPS) is 12.0. The minimum Gasteiger partial charge on any atom is -0.485 e. The first-order chi connectivity index (χ1) is 9.77. The molecule has 2 N–H and O–H groups in total. The molecule has 0 spiro atoms. The summed E-state index contributed by atoms with van der Waals surface area (Å²) in [6, 6.07) is 7.07. The molecule has 0 unspecified atom stereocenters. The monoisotopic (exact) mass is 291 g/mol. The second-order valence-corrected chi connectivity index (χ2v) is 5.96. The van der Waals surface area contributed by atoms with E-state index in [1.165, 1.54) is 0 Å². The van der Waals surface area contributed by atoms with Gasteiger partial charge in [0.15, 0.2) is 0 Å². The van der Waals surface area contributed by atoms with Gasteiger partial charge in [0.2, 0.25) is 0 Å². The summed E-state index contributed by atoms with van der Waals surface area (Å²) in [4.78, 5) is 13.8. The van der Waals surface area contributed by atoms with Crippen molar-refractivity contribution in [3.8, 4) is 5.75 Å². The largest absolute Gasteiger partial charge is 0.485 e. The van der Waals surface area contributed by atoms with Gasteiger partial charge in [0.05, 0.1) is 12.7 Å². The fourth-order valence-electron chi connectivity index (χ4n) is 2.01. The first kappa shape index (κ1) is 15.4. The molecule has 0 fully saturated rings. The highest BCUT2D eigenvalue weighted by molar-refractivity contribution is 5.94. The van der Waals surface area contributed by atoms with Crippen LogP contribution in [0.5, 0.6) is 5.75 Å². The maximum atomic E-state index is 11.0. The summed E-state index contributed by atoms with van der Waals surface area (Å²) in [5.41, 5.74) is 0.490. The van der Waals surface area contributed by atoms with Crippen molar-refractivity contribution < 1.29 is 19.4 Å². The van der Waals surface area contributed by atoms with E-state index in [-0.39, 0.29) is 11.8 Å². The van der Waals surface area contributed by atoms with Crippen LogP contribution in [0.3, 0.4) is 0 Å². The van der Waals surface area contributed by atoms with Crippen molar-refractivity contribution in [2.45, 2.75) is 39.4 Å². The SMILES string of the molecule is CC(C)OCC(C)(C)Oc1ccc2[nH]c(C(=O)O)cc2c1. The summed E-state index contributed by atoms with van der Waals surface area (Å²) in [6.07, 6.45) is 0.151. The van der Waals surface area contributed by atoms with Gasteiger partial charge in [-0.3, -0.25) is 0 Å². The number of aromatic nitrogens is 1. The highest BCUT2D eigenvalue weighted by Crippen LogP contribution is 2.25. The first-order valence-corrected chi connectivity index (χ1v) is 6.93. The summed E-state index contributed by atoms with van der Waals surface area (Å²) < 4.78 is 11.5. The van der Waals surface area contributed by atoms with Crippen molar-refractivity contribution in [3.05, 3.63) is 30.0 Å². The lowest BCUT2D eigenvalue weighted by atomic mass is 10.1. The van der Waals surface area contributed by atoms with E-state index >= 15 is 0 Å². The summed E-state index contributed by atoms with van der Waals surface area (Å²) >= 11 is 0. The molecule has 0 amide bonds. The van der Waals surface area contributed by atoms with Crippen LogP contribution in [-0.2, 0) is 4.74 Å². The topological polar surface area (TPSA) is 71.5 Å². The number of H-pyrrole nitrogens is 1. The number of benzene rings is 1. The highest BCUT2D eigenvalue weighted by atomic mass is 16.5. The standard InChI is InChI=1S/C16H21NO4/c1-10(2)20-9-16(3,4)21-12-5-6-13-11(7-12)8-14(17-13)15(18)19/h5-8,10,17H,9H2,1-4H3,(H,18,19). The molecule has 5 nitrogen and oxygen atoms in total. The zero-order valence-electron chi connectivity index (χ0n) is 12.8. The second-order valence-electron chi connectivity index (χ2n) is 5.96. The molecule has 1 heterocycles. The van der Waals surface area contributed by atoms with Gasteiger partial charge in [-0.05, 0) is 52.0 Å². The number of hydrogen-bond donors (Lipinski definition) is 2. The molecule has 0 aliphatic rings. The summed E-state index contributed by atoms with van der Waals surface area (Å²) in [5.74, 6) is -0.282. The number of ether oxygens (including phenoxy) is 2. The van der Waals surface area contributed by atoms with Gasteiger partial charge < -0.3 is 19.6 Å². The Morgan fingerprint density at radius 2 is 2.05 bits per heavy atom. The summed E-state index contributed by atoms with van der Waals surface area (Å²) in [6.45, 7) is 8.36. The molecule has 0 atom stereocenters. The number of nitrogens with one attached hydrogen (secondary N) is 1. The molecule has 114 valence electrons. The van der Waals surface area contributed by atoms with E-state index in [1.54, 1.807) is 6.07 Å². The smallest absolute Gasteiger partial charge is 0.352 e. The van der Waals surface area contributed by atoms with Gasteiger partial charge >= 0.3 is 5.97 Å². The van der Waals surface area contributed by atoms with Crippen LogP contribution in [0.2, 0.25) is 0 Å². The predicted octanol–water partition coefficient (Wildman–Crippen LogP) is 3.45. The number of fused-ring (bicyclic) bond motifs is 1. The van der Waals surface area contributed by atoms with E-state index in [2.05, 4.69) is 4.98 Å². The average Bonchev–Trinajstić information content (AvgIpc) is 2.79. The van der Waals surface area contributed by atoms with Crippen LogP contribution < -0.4 is 4.74 Å². The molecule has 0 aliphatic heterocycles. The van der Waals surface area contributed by atoms with Crippen LogP contribution in [0.1, 0.15) is 38.2 Å². The number of carboxylic acid groups (broad SMARTS) is 1. The number of aromatic amines is 1. The van der Waals surface area contributed by atoms with Crippen LogP contribution in [0.25, 0.3) is 10.9 Å². The molecule has 5 heteroatoms. The third-order valence-electron chi connectivity index (χ3n) is 2.98. The van der Waals surface area contributed by atoms with Gasteiger partial charge in [-0.15, -0.1) is 0 Å². The van der Waals surface area contributed by atoms with Gasteiger partial charge in [-0.25, -0.2) is 4.79 Å². The number of carboxylic acids is 1. The maximum absolute atomic E-state index is 11.0. The number of rotatable bonds is 6. The van der Waals surface area contributed by atoms with Crippen molar-refractivity contribution in [3.63, 3.8) is 0 Å². The van der Waals surface area contributed by atoms with Gasteiger partial charge in [-0.1, -0.05) is 0 Å². The fraction of sp³-hybridized carbons (Fsp3) is 0.438. The summed E-state index contributed by atoms with van der Waals surface area (Å²) in [7, 11) is 0. The first-order valence-electron chi connectivity index (χ1n) is 6.93. The molecule has 2 rings (SSSR count). The fourth-order valence-corrected chi connectivity index (χ4v) is 2.01. The molecular weight excluding hydrogens is 270 g/mol. The lowest BCUT2D eigenvalue weighted by Crippen LogP contribution is -2.35. The molecule has 0 aliphatic carbocycles. The van der Waals surface area contributed by atoms with E-state index in [1.807, 2.05) is 45.9 Å². The zero-order chi connectivity index (χ0) is 15.6. The van der Waals surface area contributed by atoms with E-state index in [4.69, 9.17) is 14.6 Å². The van der Waals surface area contributed by atoms with Crippen LogP contribution >= 0.6 is 0 Å². The molecule has 0 bridgehead atoms. The van der Waals surface area contributed by atoms with Gasteiger partial charge in [0.1, 0.15) is 17.0 Å². The Hall–Kier alpha value is -2.01. The van der Waals surface area contributed by atoms with E-state index in [9.17, 15) is 4.79 Å². The van der Waals surface area contributed by atoms with Crippen molar-refractivity contribution >= 4 is 16.9 Å². The molecule has 0 saturated carbocycles. The lowest BCUT2D eigenvalue weighted by molar-refractivity contribution is -0.0276. The average molecular weight is 291 g/mol. The van der Waals surface area contributed by atoms with Crippen LogP contribution in [0.4, 0.5) is 0 Å². The molecule has 0 radical (unpaired) electrons. The maximum Gasteiger partial charge on any atom is 0.352 e. The van der Waals surface area contributed by atoms with E-state index < -0.39 is 11.6 Å². The van der Waals surface area contributed by atoms with E-state index in [0.717, 1.165) is 10.9 Å². The van der Waals surface area contributed by atoms with Crippen molar-refractivity contribution in [1.82, 2.24) is 4.98 Å². The van der Waals surface area contributed by atoms with Gasteiger partial charge in [-0.2, -0.15) is 0 Å². The Morgan fingerprint density at radius 3 is 2.67 bits per heavy atom. The third-order valence-corrected chi connectivity index (χ3v) is 2.98. The molecule has 21 heavy (non-hydrogen) atoms. The number of hydrogen-bond acceptors (Lipinski definition) is 3. The van der Waals surface area contributed by atoms with Gasteiger partial charge in [0, 0.05) is 10.9 Å². The Morgan fingerprint density at radius 1 is 1.33 bits per heavy atom. The predicted molar refractivity (Wildman–Crippen MR) is 81.1 cm³/mol. The minimum absolute atomic E-state index is 0.151. The number of aromatic carboxylic acids is 1. The quantitative estimate of drug-likeness (QED) is 0.855. The lowest BCUT2D eigenvalue weighted by Gasteiger charge is -2.27. The van der Waals surface area contributed by atoms with Crippen LogP contribution in [-0.4, -0.2) is 34.4 Å². The Bertz CT molecular complexity index is 643. The van der Waals surface area contributed by atoms with Crippen molar-refractivity contribution in [2.75, 3.05) is 6.61 Å². The van der Waals surface area contributed by atoms with Crippen molar-refractivity contribution in [1.29, 1.82) is 0 Å². The minimum atomic E-state index is -0.973. The highest BCUT2D eigenvalue weighted by Gasteiger charge is 2.21. The van der Waals surface area contributed by atoms with Gasteiger partial charge in [0.25, 0.3) is 0 Å². The molecule has 1 aromatic heterocycles. The molecule has 0 saturated heterocycles. The molecule has 2 aromatic rings. The van der Waals surface area contributed by atoms with E-state index in [0.29, 0.717) is 12.4 Å². The summed E-state index contributed by atoms with van der Waals surface area (Å²) in [5, 5.41) is 9.80. The van der Waals surface area contributed by atoms with Crippen molar-refractivity contribution in [2.24, 2.45) is 0 Å². The van der Waals surface area contributed by atoms with Crippen LogP contribution in [0.15, 0.2) is 24.3 Å².